The number of hydrogen-bond donors (Lipinski definition) is 2. The second-order valence-corrected chi connectivity index (χ2v) is 8.64. The normalized spacial score (nSPS) is 24.1. The molecule has 7 nitrogen and oxygen atoms in total. The molecule has 0 atom stereocenters. The molecule has 2 fully saturated rings. The zero-order chi connectivity index (χ0) is 16.6. The Labute approximate surface area is 132 Å². The molecule has 0 aromatic carbocycles. The predicted octanol–water partition coefficient (Wildman–Crippen LogP) is 2.00. The Balaban J connectivity index is 2.32. The fourth-order valence-electron chi connectivity index (χ4n) is 3.35. The zero-order valence-corrected chi connectivity index (χ0v) is 14.2. The van der Waals surface area contributed by atoms with Gasteiger partial charge in [0.25, 0.3) is 0 Å². The van der Waals surface area contributed by atoms with E-state index in [1.54, 1.807) is 20.8 Å². The first-order chi connectivity index (χ1) is 10.0. The maximum Gasteiger partial charge on any atom is 0.407 e. The summed E-state index contributed by atoms with van der Waals surface area (Å²) in [5.74, 6) is 0. The van der Waals surface area contributed by atoms with Gasteiger partial charge in [0.2, 0.25) is 0 Å². The van der Waals surface area contributed by atoms with Crippen molar-refractivity contribution in [2.45, 2.75) is 58.4 Å². The summed E-state index contributed by atoms with van der Waals surface area (Å²) in [5.41, 5.74) is -0.360. The summed E-state index contributed by atoms with van der Waals surface area (Å²) in [7, 11) is -3.83. The number of amides is 1. The summed E-state index contributed by atoms with van der Waals surface area (Å²) in [6.45, 7) is 5.78. The minimum atomic E-state index is -3.83. The number of hydrogen-bond acceptors (Lipinski definition) is 3. The Morgan fingerprint density at radius 3 is 2.36 bits per heavy atom. The molecule has 2 N–H and O–H groups in total. The van der Waals surface area contributed by atoms with Crippen molar-refractivity contribution in [1.82, 2.24) is 9.62 Å². The molecule has 0 aromatic heterocycles. The lowest BCUT2D eigenvalue weighted by molar-refractivity contribution is 0.137. The van der Waals surface area contributed by atoms with Gasteiger partial charge in [0.05, 0.1) is 12.3 Å². The number of piperidine rings is 1. The Hall–Kier alpha value is -1.15. The van der Waals surface area contributed by atoms with Gasteiger partial charge in [-0.3, -0.25) is 0 Å². The summed E-state index contributed by atoms with van der Waals surface area (Å²) in [6, 6.07) is 0. The summed E-state index contributed by atoms with van der Waals surface area (Å²) in [4.78, 5) is 12.4. The maximum absolute atomic E-state index is 12.3. The monoisotopic (exact) mass is 331 g/mol. The van der Waals surface area contributed by atoms with Crippen molar-refractivity contribution < 1.29 is 18.3 Å². The SMILES string of the molecule is CC(C)(C)NS(=O)(=O)N=C1CN(C(=O)O)CCC12CCCC2. The summed E-state index contributed by atoms with van der Waals surface area (Å²) < 4.78 is 31.0. The lowest BCUT2D eigenvalue weighted by Crippen LogP contribution is -2.50. The molecule has 0 aromatic rings. The van der Waals surface area contributed by atoms with E-state index in [-0.39, 0.29) is 12.0 Å². The molecular weight excluding hydrogens is 306 g/mol. The van der Waals surface area contributed by atoms with Gasteiger partial charge in [0.1, 0.15) is 0 Å². The van der Waals surface area contributed by atoms with Crippen LogP contribution < -0.4 is 4.72 Å². The van der Waals surface area contributed by atoms with Crippen LogP contribution in [0.1, 0.15) is 52.9 Å². The average molecular weight is 331 g/mol. The van der Waals surface area contributed by atoms with E-state index in [9.17, 15) is 18.3 Å². The molecule has 1 aliphatic carbocycles. The van der Waals surface area contributed by atoms with Gasteiger partial charge in [-0.25, -0.2) is 4.79 Å². The lowest BCUT2D eigenvalue weighted by Gasteiger charge is -2.39. The molecule has 2 rings (SSSR count). The van der Waals surface area contributed by atoms with E-state index in [1.165, 1.54) is 4.90 Å². The average Bonchev–Trinajstić information content (AvgIpc) is 2.78. The highest BCUT2D eigenvalue weighted by Gasteiger charge is 2.44. The molecule has 1 aliphatic heterocycles. The van der Waals surface area contributed by atoms with Gasteiger partial charge < -0.3 is 10.0 Å². The van der Waals surface area contributed by atoms with Crippen molar-refractivity contribution in [3.05, 3.63) is 0 Å². The van der Waals surface area contributed by atoms with Gasteiger partial charge in [0, 0.05) is 17.5 Å². The van der Waals surface area contributed by atoms with Crippen molar-refractivity contribution in [3.63, 3.8) is 0 Å². The van der Waals surface area contributed by atoms with Crippen molar-refractivity contribution in [3.8, 4) is 0 Å². The molecule has 1 spiro atoms. The Bertz CT molecular complexity index is 571. The van der Waals surface area contributed by atoms with Crippen LogP contribution in [0.4, 0.5) is 4.79 Å². The van der Waals surface area contributed by atoms with E-state index in [2.05, 4.69) is 9.12 Å². The number of carboxylic acid groups (broad SMARTS) is 1. The van der Waals surface area contributed by atoms with Crippen molar-refractivity contribution >= 4 is 22.0 Å². The second kappa shape index (κ2) is 5.81. The van der Waals surface area contributed by atoms with Crippen LogP contribution in [0.2, 0.25) is 0 Å². The fourth-order valence-corrected chi connectivity index (χ4v) is 4.72. The highest BCUT2D eigenvalue weighted by Crippen LogP contribution is 2.45. The smallest absolute Gasteiger partial charge is 0.407 e. The zero-order valence-electron chi connectivity index (χ0n) is 13.4. The number of rotatable bonds is 2. The molecular formula is C14H25N3O4S. The van der Waals surface area contributed by atoms with Gasteiger partial charge in [-0.2, -0.15) is 17.5 Å². The molecule has 0 bridgehead atoms. The van der Waals surface area contributed by atoms with Crippen LogP contribution in [0.15, 0.2) is 4.40 Å². The lowest BCUT2D eigenvalue weighted by atomic mass is 9.75. The Morgan fingerprint density at radius 2 is 1.86 bits per heavy atom. The Kier molecular flexibility index (Phi) is 4.54. The molecule has 1 heterocycles. The van der Waals surface area contributed by atoms with Gasteiger partial charge >= 0.3 is 16.3 Å². The van der Waals surface area contributed by atoms with Gasteiger partial charge in [0.15, 0.2) is 0 Å². The van der Waals surface area contributed by atoms with Crippen LogP contribution in [-0.2, 0) is 10.2 Å². The number of nitrogens with one attached hydrogen (secondary N) is 1. The minimum Gasteiger partial charge on any atom is -0.465 e. The van der Waals surface area contributed by atoms with Crippen molar-refractivity contribution in [2.24, 2.45) is 9.81 Å². The van der Waals surface area contributed by atoms with Crippen LogP contribution in [0, 0.1) is 5.41 Å². The van der Waals surface area contributed by atoms with Crippen molar-refractivity contribution in [2.75, 3.05) is 13.1 Å². The number of nitrogens with zero attached hydrogens (tertiary/aromatic N) is 2. The third kappa shape index (κ3) is 3.98. The molecule has 2 aliphatic rings. The van der Waals surface area contributed by atoms with E-state index in [0.29, 0.717) is 18.7 Å². The largest absolute Gasteiger partial charge is 0.465 e. The van der Waals surface area contributed by atoms with E-state index in [4.69, 9.17) is 0 Å². The molecule has 126 valence electrons. The standard InChI is InChI=1S/C14H25N3O4S/c1-13(2,3)16-22(20,21)15-11-10-17(12(18)19)9-8-14(11)6-4-5-7-14/h16H,4-10H2,1-3H3,(H,18,19). The van der Waals surface area contributed by atoms with Crippen LogP contribution in [0.25, 0.3) is 0 Å². The second-order valence-electron chi connectivity index (χ2n) is 7.31. The molecule has 0 radical (unpaired) electrons. The van der Waals surface area contributed by atoms with Gasteiger partial charge in [-0.15, -0.1) is 0 Å². The maximum atomic E-state index is 12.3. The third-order valence-corrected chi connectivity index (χ3v) is 5.64. The van der Waals surface area contributed by atoms with Crippen molar-refractivity contribution in [1.29, 1.82) is 0 Å². The molecule has 1 saturated heterocycles. The predicted molar refractivity (Wildman–Crippen MR) is 84.4 cm³/mol. The first-order valence-electron chi connectivity index (χ1n) is 7.64. The van der Waals surface area contributed by atoms with Gasteiger partial charge in [-0.05, 0) is 40.0 Å². The quantitative estimate of drug-likeness (QED) is 0.808. The van der Waals surface area contributed by atoms with Crippen LogP contribution in [0.3, 0.4) is 0 Å². The van der Waals surface area contributed by atoms with Gasteiger partial charge in [-0.1, -0.05) is 12.8 Å². The summed E-state index contributed by atoms with van der Waals surface area (Å²) in [6.07, 6.45) is 3.50. The van der Waals surface area contributed by atoms with E-state index in [0.717, 1.165) is 25.7 Å². The van der Waals surface area contributed by atoms with Crippen LogP contribution >= 0.6 is 0 Å². The number of carbonyl (C=O) groups is 1. The molecule has 1 saturated carbocycles. The minimum absolute atomic E-state index is 0.0837. The number of likely N-dealkylation sites (tertiary alicyclic amines) is 1. The molecule has 22 heavy (non-hydrogen) atoms. The summed E-state index contributed by atoms with van der Waals surface area (Å²) >= 11 is 0. The topological polar surface area (TPSA) is 99.1 Å². The highest BCUT2D eigenvalue weighted by atomic mass is 32.2. The fraction of sp³-hybridized carbons (Fsp3) is 0.857. The van der Waals surface area contributed by atoms with Crippen LogP contribution in [0.5, 0.6) is 0 Å². The van der Waals surface area contributed by atoms with E-state index < -0.39 is 21.8 Å². The van der Waals surface area contributed by atoms with E-state index >= 15 is 0 Å². The highest BCUT2D eigenvalue weighted by molar-refractivity contribution is 7.88. The third-order valence-electron chi connectivity index (χ3n) is 4.31. The molecule has 0 unspecified atom stereocenters. The molecule has 8 heteroatoms. The Morgan fingerprint density at radius 1 is 1.27 bits per heavy atom. The van der Waals surface area contributed by atoms with E-state index in [1.807, 2.05) is 0 Å². The van der Waals surface area contributed by atoms with Crippen LogP contribution in [-0.4, -0.2) is 48.9 Å². The first kappa shape index (κ1) is 17.2. The summed E-state index contributed by atoms with van der Waals surface area (Å²) in [5, 5.41) is 9.18. The first-order valence-corrected chi connectivity index (χ1v) is 9.08. The molecule has 1 amide bonds.